The first-order chi connectivity index (χ1) is 15.8. The molecular formula is C23H24FN5O4. The molecule has 1 saturated heterocycles. The van der Waals surface area contributed by atoms with E-state index in [2.05, 4.69) is 10.4 Å². The van der Waals surface area contributed by atoms with Crippen LogP contribution in [0.4, 0.5) is 15.8 Å². The molecule has 0 saturated carbocycles. The lowest BCUT2D eigenvalue weighted by atomic mass is 10.1. The van der Waals surface area contributed by atoms with Crippen molar-refractivity contribution < 1.29 is 18.8 Å². The fourth-order valence-electron chi connectivity index (χ4n) is 3.88. The highest BCUT2D eigenvalue weighted by Crippen LogP contribution is 2.24. The molecule has 9 nitrogen and oxygen atoms in total. The van der Waals surface area contributed by atoms with Crippen LogP contribution in [-0.4, -0.2) is 45.9 Å². The second-order valence-corrected chi connectivity index (χ2v) is 8.08. The van der Waals surface area contributed by atoms with Gasteiger partial charge in [-0.2, -0.15) is 5.10 Å². The van der Waals surface area contributed by atoms with Gasteiger partial charge in [-0.15, -0.1) is 0 Å². The lowest BCUT2D eigenvalue weighted by Gasteiger charge is -2.37. The molecule has 3 aromatic rings. The van der Waals surface area contributed by atoms with Crippen LogP contribution in [0.1, 0.15) is 29.8 Å². The van der Waals surface area contributed by atoms with E-state index in [1.807, 2.05) is 18.7 Å². The number of non-ortho nitro benzene ring substituents is 1. The number of aromatic nitrogens is 2. The van der Waals surface area contributed by atoms with E-state index in [1.54, 1.807) is 24.3 Å². The molecule has 4 rings (SSSR count). The molecule has 1 aliphatic rings. The van der Waals surface area contributed by atoms with Crippen molar-refractivity contribution in [1.29, 1.82) is 0 Å². The summed E-state index contributed by atoms with van der Waals surface area (Å²) in [6, 6.07) is 10.8. The van der Waals surface area contributed by atoms with Crippen molar-refractivity contribution in [3.8, 4) is 5.69 Å². The molecule has 172 valence electrons. The number of nitrogens with zero attached hydrogens (tertiary/aromatic N) is 4. The average Bonchev–Trinajstić information content (AvgIpc) is 3.27. The van der Waals surface area contributed by atoms with Crippen LogP contribution in [0.2, 0.25) is 0 Å². The minimum absolute atomic E-state index is 0.0269. The summed E-state index contributed by atoms with van der Waals surface area (Å²) in [5, 5.41) is 17.7. The number of hydrogen-bond donors (Lipinski definition) is 1. The summed E-state index contributed by atoms with van der Waals surface area (Å²) >= 11 is 0. The number of carbonyl (C=O) groups excluding carboxylic acids is 1. The van der Waals surface area contributed by atoms with Gasteiger partial charge in [-0.1, -0.05) is 6.07 Å². The molecule has 1 amide bonds. The number of anilines is 1. The van der Waals surface area contributed by atoms with Crippen LogP contribution in [0, 0.1) is 15.9 Å². The van der Waals surface area contributed by atoms with Gasteiger partial charge < -0.3 is 15.0 Å². The van der Waals surface area contributed by atoms with Crippen molar-refractivity contribution in [1.82, 2.24) is 15.1 Å². The summed E-state index contributed by atoms with van der Waals surface area (Å²) < 4.78 is 21.9. The van der Waals surface area contributed by atoms with Crippen molar-refractivity contribution in [2.45, 2.75) is 32.6 Å². The first-order valence-electron chi connectivity index (χ1n) is 10.6. The number of rotatable bonds is 6. The molecule has 0 aliphatic carbocycles. The lowest BCUT2D eigenvalue weighted by Crippen LogP contribution is -2.45. The molecule has 2 unspecified atom stereocenters. The number of amides is 1. The topological polar surface area (TPSA) is 103 Å². The quantitative estimate of drug-likeness (QED) is 0.453. The molecule has 0 spiro atoms. The zero-order valence-corrected chi connectivity index (χ0v) is 18.3. The van der Waals surface area contributed by atoms with Gasteiger partial charge in [-0.3, -0.25) is 14.9 Å². The zero-order chi connectivity index (χ0) is 23.5. The van der Waals surface area contributed by atoms with Crippen molar-refractivity contribution in [2.24, 2.45) is 0 Å². The minimum atomic E-state index is -0.483. The van der Waals surface area contributed by atoms with E-state index in [4.69, 9.17) is 4.74 Å². The average molecular weight is 453 g/mol. The zero-order valence-electron chi connectivity index (χ0n) is 18.3. The summed E-state index contributed by atoms with van der Waals surface area (Å²) in [4.78, 5) is 24.8. The van der Waals surface area contributed by atoms with Crippen LogP contribution in [0.25, 0.3) is 5.69 Å². The highest BCUT2D eigenvalue weighted by atomic mass is 19.1. The number of nitro benzene ring substituents is 1. The van der Waals surface area contributed by atoms with Crippen molar-refractivity contribution in [3.05, 3.63) is 81.9 Å². The predicted molar refractivity (Wildman–Crippen MR) is 120 cm³/mol. The van der Waals surface area contributed by atoms with Gasteiger partial charge >= 0.3 is 0 Å². The Balaban J connectivity index is 1.38. The maximum Gasteiger partial charge on any atom is 0.269 e. The predicted octanol–water partition coefficient (Wildman–Crippen LogP) is 3.46. The van der Waals surface area contributed by atoms with Crippen molar-refractivity contribution in [3.63, 3.8) is 0 Å². The first-order valence-corrected chi connectivity index (χ1v) is 10.6. The molecule has 2 aromatic carbocycles. The Morgan fingerprint density at radius 2 is 1.91 bits per heavy atom. The molecule has 0 radical (unpaired) electrons. The Kier molecular flexibility index (Phi) is 6.36. The number of morpholine rings is 1. The highest BCUT2D eigenvalue weighted by Gasteiger charge is 2.24. The molecular weight excluding hydrogens is 429 g/mol. The molecule has 1 fully saturated rings. The number of benzene rings is 2. The maximum atomic E-state index is 14.8. The number of nitro groups is 1. The van der Waals surface area contributed by atoms with Crippen LogP contribution in [0.5, 0.6) is 0 Å². The van der Waals surface area contributed by atoms with E-state index in [1.165, 1.54) is 35.3 Å². The van der Waals surface area contributed by atoms with Crippen LogP contribution in [0.3, 0.4) is 0 Å². The van der Waals surface area contributed by atoms with Gasteiger partial charge in [-0.05, 0) is 43.7 Å². The van der Waals surface area contributed by atoms with E-state index in [0.29, 0.717) is 35.6 Å². The van der Waals surface area contributed by atoms with Gasteiger partial charge in [0.25, 0.3) is 11.6 Å². The molecule has 0 bridgehead atoms. The monoisotopic (exact) mass is 453 g/mol. The first kappa shape index (κ1) is 22.4. The maximum absolute atomic E-state index is 14.8. The fourth-order valence-corrected chi connectivity index (χ4v) is 3.88. The van der Waals surface area contributed by atoms with Gasteiger partial charge in [0.05, 0.1) is 40.3 Å². The summed E-state index contributed by atoms with van der Waals surface area (Å²) in [7, 11) is 0. The number of nitrogens with one attached hydrogen (secondary N) is 1. The van der Waals surface area contributed by atoms with Gasteiger partial charge in [0.2, 0.25) is 0 Å². The van der Waals surface area contributed by atoms with Crippen molar-refractivity contribution in [2.75, 3.05) is 18.0 Å². The second kappa shape index (κ2) is 9.37. The minimum Gasteiger partial charge on any atom is -0.372 e. The standard InChI is InChI=1S/C23H24FN5O4/c1-15-12-27(13-16(2)33-15)22-8-3-17(9-21(22)24)10-25-23(30)18-11-26-28(14-18)19-4-6-20(7-5-19)29(31)32/h3-9,11,14-16H,10,12-13H2,1-2H3,(H,25,30). The van der Waals surface area contributed by atoms with Crippen LogP contribution in [-0.2, 0) is 11.3 Å². The fraction of sp³-hybridized carbons (Fsp3) is 0.304. The Morgan fingerprint density at radius 1 is 1.21 bits per heavy atom. The summed E-state index contributed by atoms with van der Waals surface area (Å²) in [5.41, 5.74) is 2.05. The van der Waals surface area contributed by atoms with Gasteiger partial charge in [0.15, 0.2) is 0 Å². The van der Waals surface area contributed by atoms with Crippen LogP contribution in [0.15, 0.2) is 54.9 Å². The Bertz CT molecular complexity index is 1150. The van der Waals surface area contributed by atoms with E-state index in [9.17, 15) is 19.3 Å². The number of ether oxygens (including phenoxy) is 1. The summed E-state index contributed by atoms with van der Waals surface area (Å²) in [6.07, 6.45) is 2.99. The van der Waals surface area contributed by atoms with E-state index >= 15 is 0 Å². The number of carbonyl (C=O) groups is 1. The molecule has 1 aliphatic heterocycles. The third-order valence-electron chi connectivity index (χ3n) is 5.40. The van der Waals surface area contributed by atoms with Gasteiger partial charge in [-0.25, -0.2) is 9.07 Å². The van der Waals surface area contributed by atoms with Gasteiger partial charge in [0.1, 0.15) is 5.82 Å². The second-order valence-electron chi connectivity index (χ2n) is 8.08. The lowest BCUT2D eigenvalue weighted by molar-refractivity contribution is -0.384. The Morgan fingerprint density at radius 3 is 2.55 bits per heavy atom. The highest BCUT2D eigenvalue weighted by molar-refractivity contribution is 5.93. The molecule has 1 N–H and O–H groups in total. The number of halogens is 1. The van der Waals surface area contributed by atoms with E-state index in [0.717, 1.165) is 0 Å². The van der Waals surface area contributed by atoms with Crippen LogP contribution >= 0.6 is 0 Å². The van der Waals surface area contributed by atoms with E-state index < -0.39 is 4.92 Å². The Labute approximate surface area is 189 Å². The normalized spacial score (nSPS) is 18.2. The Hall–Kier alpha value is -3.79. The van der Waals surface area contributed by atoms with Crippen molar-refractivity contribution >= 4 is 17.3 Å². The van der Waals surface area contributed by atoms with Crippen LogP contribution < -0.4 is 10.2 Å². The van der Waals surface area contributed by atoms with Gasteiger partial charge in [0, 0.05) is 38.0 Å². The molecule has 1 aromatic heterocycles. The SMILES string of the molecule is CC1CN(c2ccc(CNC(=O)c3cnn(-c4ccc([N+](=O)[O-])cc4)c3)cc2F)CC(C)O1. The summed E-state index contributed by atoms with van der Waals surface area (Å²) in [6.45, 7) is 5.34. The molecule has 10 heteroatoms. The number of hydrogen-bond acceptors (Lipinski definition) is 6. The third-order valence-corrected chi connectivity index (χ3v) is 5.40. The van der Waals surface area contributed by atoms with E-state index in [-0.39, 0.29) is 36.2 Å². The smallest absolute Gasteiger partial charge is 0.269 e. The molecule has 2 atom stereocenters. The molecule has 33 heavy (non-hydrogen) atoms. The third kappa shape index (κ3) is 5.17. The molecule has 2 heterocycles. The summed E-state index contributed by atoms with van der Waals surface area (Å²) in [5.74, 6) is -0.697. The largest absolute Gasteiger partial charge is 0.372 e.